The highest BCUT2D eigenvalue weighted by molar-refractivity contribution is 6.09. The molecule has 2 aromatic rings. The Labute approximate surface area is 145 Å². The fraction of sp³-hybridized carbons (Fsp3) is 0.368. The summed E-state index contributed by atoms with van der Waals surface area (Å²) in [6, 6.07) is 6.22. The summed E-state index contributed by atoms with van der Waals surface area (Å²) < 4.78 is 18.6. The Hall–Kier alpha value is -2.47. The summed E-state index contributed by atoms with van der Waals surface area (Å²) in [5.41, 5.74) is 1.90. The SMILES string of the molecule is COC(=O)Cc1cc2ccc(F)cc2c(C(=O)N2CCNCC2)c1C. The van der Waals surface area contributed by atoms with E-state index >= 15 is 0 Å². The third-order valence-corrected chi connectivity index (χ3v) is 4.65. The molecule has 0 aliphatic carbocycles. The fourth-order valence-electron chi connectivity index (χ4n) is 3.24. The van der Waals surface area contributed by atoms with Crippen LogP contribution in [0.15, 0.2) is 24.3 Å². The van der Waals surface area contributed by atoms with Gasteiger partial charge in [-0.15, -0.1) is 0 Å². The van der Waals surface area contributed by atoms with Gasteiger partial charge >= 0.3 is 5.97 Å². The fourth-order valence-corrected chi connectivity index (χ4v) is 3.24. The number of piperazine rings is 1. The maximum Gasteiger partial charge on any atom is 0.309 e. The third kappa shape index (κ3) is 3.49. The topological polar surface area (TPSA) is 58.6 Å². The van der Waals surface area contributed by atoms with Crippen molar-refractivity contribution in [1.82, 2.24) is 10.2 Å². The Morgan fingerprint density at radius 3 is 2.64 bits per heavy atom. The van der Waals surface area contributed by atoms with Gasteiger partial charge < -0.3 is 15.0 Å². The maximum absolute atomic E-state index is 13.8. The standard InChI is InChI=1S/C19H21FN2O3/c1-12-14(10-17(23)25-2)9-13-3-4-15(20)11-16(13)18(12)19(24)22-7-5-21-6-8-22/h3-4,9,11,21H,5-8,10H2,1-2H3. The second-order valence-electron chi connectivity index (χ2n) is 6.20. The number of ether oxygens (including phenoxy) is 1. The highest BCUT2D eigenvalue weighted by atomic mass is 19.1. The zero-order valence-corrected chi connectivity index (χ0v) is 14.4. The number of carbonyl (C=O) groups excluding carboxylic acids is 2. The predicted octanol–water partition coefficient (Wildman–Crippen LogP) is 2.05. The van der Waals surface area contributed by atoms with E-state index in [1.165, 1.54) is 19.2 Å². The molecule has 0 radical (unpaired) electrons. The molecule has 3 rings (SSSR count). The van der Waals surface area contributed by atoms with E-state index in [-0.39, 0.29) is 24.1 Å². The van der Waals surface area contributed by atoms with Crippen molar-refractivity contribution in [3.05, 3.63) is 46.8 Å². The zero-order valence-electron chi connectivity index (χ0n) is 14.4. The van der Waals surface area contributed by atoms with Gasteiger partial charge in [0.05, 0.1) is 19.1 Å². The molecule has 1 aliphatic heterocycles. The van der Waals surface area contributed by atoms with Crippen LogP contribution in [0.1, 0.15) is 21.5 Å². The summed E-state index contributed by atoms with van der Waals surface area (Å²) >= 11 is 0. The Morgan fingerprint density at radius 2 is 1.96 bits per heavy atom. The maximum atomic E-state index is 13.8. The van der Waals surface area contributed by atoms with Crippen molar-refractivity contribution >= 4 is 22.6 Å². The number of nitrogens with one attached hydrogen (secondary N) is 1. The van der Waals surface area contributed by atoms with E-state index in [9.17, 15) is 14.0 Å². The summed E-state index contributed by atoms with van der Waals surface area (Å²) in [7, 11) is 1.33. The van der Waals surface area contributed by atoms with Gasteiger partial charge in [0.25, 0.3) is 5.91 Å². The first-order chi connectivity index (χ1) is 12.0. The number of methoxy groups -OCH3 is 1. The highest BCUT2D eigenvalue weighted by Crippen LogP contribution is 2.28. The molecular weight excluding hydrogens is 323 g/mol. The zero-order chi connectivity index (χ0) is 18.0. The summed E-state index contributed by atoms with van der Waals surface area (Å²) in [5, 5.41) is 4.53. The Bertz CT molecular complexity index is 829. The molecule has 5 nitrogen and oxygen atoms in total. The number of hydrogen-bond acceptors (Lipinski definition) is 4. The van der Waals surface area contributed by atoms with Crippen LogP contribution >= 0.6 is 0 Å². The molecule has 6 heteroatoms. The summed E-state index contributed by atoms with van der Waals surface area (Å²) in [6.45, 7) is 4.49. The van der Waals surface area contributed by atoms with Gasteiger partial charge in [-0.3, -0.25) is 9.59 Å². The molecule has 1 aliphatic rings. The van der Waals surface area contributed by atoms with Crippen LogP contribution in [0, 0.1) is 12.7 Å². The van der Waals surface area contributed by atoms with Gasteiger partial charge in [0.2, 0.25) is 0 Å². The Kier molecular flexibility index (Phi) is 4.99. The number of halogens is 1. The van der Waals surface area contributed by atoms with Crippen LogP contribution in [0.5, 0.6) is 0 Å². The van der Waals surface area contributed by atoms with Crippen LogP contribution in [-0.2, 0) is 16.0 Å². The van der Waals surface area contributed by atoms with E-state index < -0.39 is 0 Å². The molecule has 1 saturated heterocycles. The molecule has 0 unspecified atom stereocenters. The average molecular weight is 344 g/mol. The molecule has 0 saturated carbocycles. The summed E-state index contributed by atoms with van der Waals surface area (Å²) in [5.74, 6) is -0.881. The lowest BCUT2D eigenvalue weighted by atomic mass is 9.92. The molecule has 0 atom stereocenters. The lowest BCUT2D eigenvalue weighted by Crippen LogP contribution is -2.46. The first-order valence-electron chi connectivity index (χ1n) is 8.30. The number of amides is 1. The van der Waals surface area contributed by atoms with E-state index in [1.54, 1.807) is 17.9 Å². The minimum atomic E-state index is -0.387. The van der Waals surface area contributed by atoms with E-state index in [0.29, 0.717) is 29.6 Å². The summed E-state index contributed by atoms with van der Waals surface area (Å²) in [4.78, 5) is 26.6. The molecular formula is C19H21FN2O3. The van der Waals surface area contributed by atoms with Crippen LogP contribution in [0.3, 0.4) is 0 Å². The average Bonchev–Trinajstić information content (AvgIpc) is 2.63. The van der Waals surface area contributed by atoms with Crippen LogP contribution in [0.4, 0.5) is 4.39 Å². The Morgan fingerprint density at radius 1 is 1.24 bits per heavy atom. The third-order valence-electron chi connectivity index (χ3n) is 4.65. The lowest BCUT2D eigenvalue weighted by Gasteiger charge is -2.29. The van der Waals surface area contributed by atoms with Crippen molar-refractivity contribution in [3.8, 4) is 0 Å². The number of benzene rings is 2. The number of rotatable bonds is 3. The van der Waals surface area contributed by atoms with Gasteiger partial charge in [-0.25, -0.2) is 4.39 Å². The molecule has 132 valence electrons. The molecule has 1 heterocycles. The van der Waals surface area contributed by atoms with Crippen molar-refractivity contribution in [2.75, 3.05) is 33.3 Å². The second kappa shape index (κ2) is 7.19. The van der Waals surface area contributed by atoms with E-state index in [2.05, 4.69) is 5.32 Å². The predicted molar refractivity (Wildman–Crippen MR) is 93.1 cm³/mol. The molecule has 1 amide bonds. The van der Waals surface area contributed by atoms with E-state index in [1.807, 2.05) is 6.07 Å². The number of hydrogen-bond donors (Lipinski definition) is 1. The molecule has 1 N–H and O–H groups in total. The minimum Gasteiger partial charge on any atom is -0.469 e. The quantitative estimate of drug-likeness (QED) is 0.866. The van der Waals surface area contributed by atoms with E-state index in [0.717, 1.165) is 24.0 Å². The van der Waals surface area contributed by atoms with Crippen molar-refractivity contribution < 1.29 is 18.7 Å². The molecule has 0 spiro atoms. The van der Waals surface area contributed by atoms with Gasteiger partial charge in [0.1, 0.15) is 5.82 Å². The van der Waals surface area contributed by atoms with Crippen LogP contribution in [0.25, 0.3) is 10.8 Å². The van der Waals surface area contributed by atoms with Gasteiger partial charge in [0, 0.05) is 26.2 Å². The van der Waals surface area contributed by atoms with Gasteiger partial charge in [-0.1, -0.05) is 12.1 Å². The number of nitrogens with zero attached hydrogens (tertiary/aromatic N) is 1. The monoisotopic (exact) mass is 344 g/mol. The Balaban J connectivity index is 2.15. The van der Waals surface area contributed by atoms with Crippen molar-refractivity contribution in [2.24, 2.45) is 0 Å². The second-order valence-corrected chi connectivity index (χ2v) is 6.20. The molecule has 2 aromatic carbocycles. The molecule has 25 heavy (non-hydrogen) atoms. The van der Waals surface area contributed by atoms with Crippen molar-refractivity contribution in [3.63, 3.8) is 0 Å². The molecule has 1 fully saturated rings. The smallest absolute Gasteiger partial charge is 0.309 e. The van der Waals surface area contributed by atoms with Crippen molar-refractivity contribution in [2.45, 2.75) is 13.3 Å². The normalized spacial score (nSPS) is 14.6. The van der Waals surface area contributed by atoms with Crippen LogP contribution < -0.4 is 5.32 Å². The highest BCUT2D eigenvalue weighted by Gasteiger charge is 2.24. The van der Waals surface area contributed by atoms with Gasteiger partial charge in [-0.2, -0.15) is 0 Å². The first kappa shape index (κ1) is 17.4. The number of carbonyl (C=O) groups is 2. The van der Waals surface area contributed by atoms with Gasteiger partial charge in [-0.05, 0) is 41.0 Å². The van der Waals surface area contributed by atoms with Crippen molar-refractivity contribution in [1.29, 1.82) is 0 Å². The molecule has 0 aromatic heterocycles. The number of fused-ring (bicyclic) bond motifs is 1. The van der Waals surface area contributed by atoms with E-state index in [4.69, 9.17) is 4.74 Å². The van der Waals surface area contributed by atoms with Crippen LogP contribution in [0.2, 0.25) is 0 Å². The lowest BCUT2D eigenvalue weighted by molar-refractivity contribution is -0.139. The van der Waals surface area contributed by atoms with Gasteiger partial charge in [0.15, 0.2) is 0 Å². The number of esters is 1. The van der Waals surface area contributed by atoms with Crippen LogP contribution in [-0.4, -0.2) is 50.1 Å². The summed E-state index contributed by atoms with van der Waals surface area (Å²) in [6.07, 6.45) is 0.0808. The largest absolute Gasteiger partial charge is 0.469 e. The first-order valence-corrected chi connectivity index (χ1v) is 8.30. The minimum absolute atomic E-state index is 0.0808. The molecule has 0 bridgehead atoms.